The molecule has 2 aliphatic rings. The molecular weight excluding hydrogens is 316 g/mol. The number of hydrogen-bond donors (Lipinski definition) is 1. The summed E-state index contributed by atoms with van der Waals surface area (Å²) >= 11 is 0. The molecule has 0 bridgehead atoms. The maximum atomic E-state index is 12.8. The first-order chi connectivity index (χ1) is 10.9. The molecule has 7 heteroatoms. The Hall–Kier alpha value is -1.44. The van der Waals surface area contributed by atoms with Gasteiger partial charge in [-0.1, -0.05) is 0 Å². The fourth-order valence-corrected chi connectivity index (χ4v) is 4.81. The first-order valence-electron chi connectivity index (χ1n) is 7.99. The fourth-order valence-electron chi connectivity index (χ4n) is 3.29. The first kappa shape index (κ1) is 16.4. The molecule has 1 aromatic carbocycles. The minimum absolute atomic E-state index is 0.0217. The highest BCUT2D eigenvalue weighted by atomic mass is 32.2. The summed E-state index contributed by atoms with van der Waals surface area (Å²) in [6.45, 7) is 2.90. The number of fused-ring (bicyclic) bond motifs is 1. The van der Waals surface area contributed by atoms with Gasteiger partial charge in [-0.05, 0) is 49.4 Å². The Kier molecular flexibility index (Phi) is 4.44. The van der Waals surface area contributed by atoms with Crippen molar-refractivity contribution in [2.45, 2.75) is 43.6 Å². The second kappa shape index (κ2) is 6.22. The van der Waals surface area contributed by atoms with Gasteiger partial charge in [-0.25, -0.2) is 8.42 Å². The molecular formula is C16H22N2O4S. The molecule has 2 aliphatic heterocycles. The molecule has 1 fully saturated rings. The van der Waals surface area contributed by atoms with Crippen molar-refractivity contribution in [2.24, 2.45) is 0 Å². The van der Waals surface area contributed by atoms with Crippen molar-refractivity contribution in [1.29, 1.82) is 0 Å². The van der Waals surface area contributed by atoms with E-state index in [1.54, 1.807) is 23.1 Å². The smallest absolute Gasteiger partial charge is 0.243 e. The number of nitrogens with zero attached hydrogens (tertiary/aromatic N) is 2. The Morgan fingerprint density at radius 3 is 2.57 bits per heavy atom. The van der Waals surface area contributed by atoms with Crippen LogP contribution in [0, 0.1) is 0 Å². The van der Waals surface area contributed by atoms with Crippen molar-refractivity contribution >= 4 is 21.6 Å². The second-order valence-electron chi connectivity index (χ2n) is 6.20. The highest BCUT2D eigenvalue weighted by Gasteiger charge is 2.30. The molecule has 0 saturated carbocycles. The Bertz CT molecular complexity index is 709. The van der Waals surface area contributed by atoms with Crippen LogP contribution < -0.4 is 4.90 Å². The Balaban J connectivity index is 1.91. The van der Waals surface area contributed by atoms with Crippen LogP contribution in [0.4, 0.5) is 5.69 Å². The molecule has 126 valence electrons. The van der Waals surface area contributed by atoms with Crippen LogP contribution in [0.25, 0.3) is 0 Å². The average Bonchev–Trinajstić information content (AvgIpc) is 2.54. The van der Waals surface area contributed by atoms with Gasteiger partial charge in [0.2, 0.25) is 15.9 Å². The van der Waals surface area contributed by atoms with Gasteiger partial charge < -0.3 is 10.0 Å². The van der Waals surface area contributed by atoms with E-state index in [4.69, 9.17) is 0 Å². The van der Waals surface area contributed by atoms with Crippen LogP contribution in [-0.4, -0.2) is 49.5 Å². The molecule has 0 radical (unpaired) electrons. The van der Waals surface area contributed by atoms with Crippen LogP contribution in [0.5, 0.6) is 0 Å². The van der Waals surface area contributed by atoms with Gasteiger partial charge in [0.15, 0.2) is 0 Å². The van der Waals surface area contributed by atoms with E-state index in [2.05, 4.69) is 0 Å². The number of rotatable bonds is 2. The second-order valence-corrected chi connectivity index (χ2v) is 8.14. The molecule has 1 aromatic rings. The number of sulfonamides is 1. The summed E-state index contributed by atoms with van der Waals surface area (Å²) in [5.41, 5.74) is 1.72. The van der Waals surface area contributed by atoms with E-state index in [1.165, 1.54) is 11.2 Å². The van der Waals surface area contributed by atoms with Crippen LogP contribution in [0.15, 0.2) is 23.1 Å². The molecule has 1 amide bonds. The van der Waals surface area contributed by atoms with E-state index >= 15 is 0 Å². The van der Waals surface area contributed by atoms with E-state index < -0.39 is 16.1 Å². The van der Waals surface area contributed by atoms with Crippen molar-refractivity contribution in [3.05, 3.63) is 23.8 Å². The third-order valence-electron chi connectivity index (χ3n) is 4.61. The lowest BCUT2D eigenvalue weighted by molar-refractivity contribution is -0.116. The van der Waals surface area contributed by atoms with Gasteiger partial charge in [0.1, 0.15) is 0 Å². The van der Waals surface area contributed by atoms with Crippen LogP contribution in [0.2, 0.25) is 0 Å². The number of hydrogen-bond acceptors (Lipinski definition) is 4. The van der Waals surface area contributed by atoms with E-state index in [0.29, 0.717) is 32.5 Å². The minimum Gasteiger partial charge on any atom is -0.393 e. The number of aliphatic hydroxyl groups is 1. The van der Waals surface area contributed by atoms with E-state index in [1.807, 2.05) is 0 Å². The third-order valence-corrected chi connectivity index (χ3v) is 6.51. The normalized spacial score (nSPS) is 20.3. The van der Waals surface area contributed by atoms with Gasteiger partial charge in [0.25, 0.3) is 0 Å². The van der Waals surface area contributed by atoms with Crippen LogP contribution in [-0.2, 0) is 21.2 Å². The molecule has 23 heavy (non-hydrogen) atoms. The average molecular weight is 338 g/mol. The summed E-state index contributed by atoms with van der Waals surface area (Å²) in [6, 6.07) is 5.02. The largest absolute Gasteiger partial charge is 0.393 e. The SMILES string of the molecule is CC(=O)N1CCCc2cc(S(=O)(=O)N3CCC(O)CC3)ccc21. The maximum Gasteiger partial charge on any atom is 0.243 e. The topological polar surface area (TPSA) is 77.9 Å². The molecule has 0 aromatic heterocycles. The van der Waals surface area contributed by atoms with E-state index in [-0.39, 0.29) is 10.8 Å². The van der Waals surface area contributed by atoms with Crippen molar-refractivity contribution in [1.82, 2.24) is 4.31 Å². The zero-order valence-electron chi connectivity index (χ0n) is 13.2. The van der Waals surface area contributed by atoms with Gasteiger partial charge in [0, 0.05) is 32.2 Å². The first-order valence-corrected chi connectivity index (χ1v) is 9.43. The summed E-state index contributed by atoms with van der Waals surface area (Å²) < 4.78 is 27.0. The van der Waals surface area contributed by atoms with Gasteiger partial charge in [-0.15, -0.1) is 0 Å². The Labute approximate surface area is 136 Å². The summed E-state index contributed by atoms with van der Waals surface area (Å²) in [7, 11) is -3.54. The van der Waals surface area contributed by atoms with Crippen molar-refractivity contribution < 1.29 is 18.3 Å². The highest BCUT2D eigenvalue weighted by Crippen LogP contribution is 2.31. The van der Waals surface area contributed by atoms with Crippen molar-refractivity contribution in [3.8, 4) is 0 Å². The maximum absolute atomic E-state index is 12.8. The Morgan fingerprint density at radius 2 is 1.91 bits per heavy atom. The molecule has 0 aliphatic carbocycles. The lowest BCUT2D eigenvalue weighted by Crippen LogP contribution is -2.40. The fraction of sp³-hybridized carbons (Fsp3) is 0.562. The number of aryl methyl sites for hydroxylation is 1. The molecule has 3 rings (SSSR count). The summed E-state index contributed by atoms with van der Waals surface area (Å²) in [6.07, 6.45) is 2.16. The number of benzene rings is 1. The highest BCUT2D eigenvalue weighted by molar-refractivity contribution is 7.89. The summed E-state index contributed by atoms with van der Waals surface area (Å²) in [4.78, 5) is 13.7. The molecule has 0 unspecified atom stereocenters. The number of carbonyl (C=O) groups excluding carboxylic acids is 1. The molecule has 6 nitrogen and oxygen atoms in total. The molecule has 0 atom stereocenters. The van der Waals surface area contributed by atoms with Crippen LogP contribution >= 0.6 is 0 Å². The van der Waals surface area contributed by atoms with Gasteiger partial charge in [-0.2, -0.15) is 4.31 Å². The summed E-state index contributed by atoms with van der Waals surface area (Å²) in [5.74, 6) is -0.0217. The molecule has 2 heterocycles. The number of amides is 1. The number of anilines is 1. The predicted molar refractivity (Wildman–Crippen MR) is 86.8 cm³/mol. The zero-order valence-corrected chi connectivity index (χ0v) is 14.1. The lowest BCUT2D eigenvalue weighted by Gasteiger charge is -2.31. The molecule has 0 spiro atoms. The minimum atomic E-state index is -3.54. The summed E-state index contributed by atoms with van der Waals surface area (Å²) in [5, 5.41) is 9.54. The lowest BCUT2D eigenvalue weighted by atomic mass is 10.0. The van der Waals surface area contributed by atoms with Crippen LogP contribution in [0.3, 0.4) is 0 Å². The predicted octanol–water partition coefficient (Wildman–Crippen LogP) is 1.13. The quantitative estimate of drug-likeness (QED) is 0.877. The zero-order chi connectivity index (χ0) is 16.6. The van der Waals surface area contributed by atoms with Crippen molar-refractivity contribution in [2.75, 3.05) is 24.5 Å². The van der Waals surface area contributed by atoms with Gasteiger partial charge >= 0.3 is 0 Å². The monoisotopic (exact) mass is 338 g/mol. The Morgan fingerprint density at radius 1 is 1.22 bits per heavy atom. The molecule has 1 N–H and O–H groups in total. The van der Waals surface area contributed by atoms with Crippen LogP contribution in [0.1, 0.15) is 31.7 Å². The van der Waals surface area contributed by atoms with E-state index in [0.717, 1.165) is 24.1 Å². The molecule has 1 saturated heterocycles. The number of piperidine rings is 1. The number of aliphatic hydroxyl groups excluding tert-OH is 1. The van der Waals surface area contributed by atoms with Crippen molar-refractivity contribution in [3.63, 3.8) is 0 Å². The third kappa shape index (κ3) is 3.13. The standard InChI is InChI=1S/C16H22N2O4S/c1-12(19)18-8-2-3-13-11-15(4-5-16(13)18)23(21,22)17-9-6-14(20)7-10-17/h4-5,11,14,20H,2-3,6-10H2,1H3. The number of carbonyl (C=O) groups is 1. The van der Waals surface area contributed by atoms with E-state index in [9.17, 15) is 18.3 Å². The van der Waals surface area contributed by atoms with Gasteiger partial charge in [0.05, 0.1) is 11.0 Å². The van der Waals surface area contributed by atoms with Gasteiger partial charge in [-0.3, -0.25) is 4.79 Å².